The molecule has 1 aromatic heterocycles. The number of pyridine rings is 1. The van der Waals surface area contributed by atoms with Crippen LogP contribution >= 0.6 is 24.0 Å². The number of nitrogens with zero attached hydrogens (tertiary/aromatic N) is 4. The normalized spacial score (nSPS) is 20.7. The van der Waals surface area contributed by atoms with Gasteiger partial charge >= 0.3 is 0 Å². The zero-order chi connectivity index (χ0) is 19.2. The first-order valence-electron chi connectivity index (χ1n) is 11.0. The minimum absolute atomic E-state index is 0. The lowest BCUT2D eigenvalue weighted by atomic mass is 10.1. The van der Waals surface area contributed by atoms with Gasteiger partial charge in [0.1, 0.15) is 0 Å². The Bertz CT molecular complexity index is 803. The maximum atomic E-state index is 4.92. The largest absolute Gasteiger partial charge is 0.357 e. The molecule has 0 bridgehead atoms. The second kappa shape index (κ2) is 11.1. The number of benzene rings is 1. The van der Waals surface area contributed by atoms with Crippen LogP contribution in [-0.4, -0.2) is 66.1 Å². The number of fused-ring (bicyclic) bond motifs is 1. The van der Waals surface area contributed by atoms with Gasteiger partial charge < -0.3 is 10.2 Å². The summed E-state index contributed by atoms with van der Waals surface area (Å²) >= 11 is 0. The fourth-order valence-corrected chi connectivity index (χ4v) is 4.47. The van der Waals surface area contributed by atoms with Crippen LogP contribution in [0, 0.1) is 0 Å². The third-order valence-electron chi connectivity index (χ3n) is 5.99. The first kappa shape index (κ1) is 22.3. The molecule has 2 aliphatic rings. The van der Waals surface area contributed by atoms with Gasteiger partial charge in [0.15, 0.2) is 5.96 Å². The van der Waals surface area contributed by atoms with Gasteiger partial charge in [0.2, 0.25) is 0 Å². The number of rotatable bonds is 5. The lowest BCUT2D eigenvalue weighted by molar-refractivity contribution is 0.168. The van der Waals surface area contributed by atoms with E-state index in [1.807, 2.05) is 6.07 Å². The van der Waals surface area contributed by atoms with Crippen LogP contribution in [0.3, 0.4) is 0 Å². The second-order valence-corrected chi connectivity index (χ2v) is 7.97. The minimum atomic E-state index is 0. The first-order chi connectivity index (χ1) is 13.8. The van der Waals surface area contributed by atoms with E-state index in [1.54, 1.807) is 0 Å². The highest BCUT2D eigenvalue weighted by Gasteiger charge is 2.29. The van der Waals surface area contributed by atoms with Crippen LogP contribution in [0.1, 0.15) is 38.3 Å². The molecule has 29 heavy (non-hydrogen) atoms. The van der Waals surface area contributed by atoms with Crippen molar-refractivity contribution in [2.24, 2.45) is 4.99 Å². The van der Waals surface area contributed by atoms with Crippen molar-refractivity contribution in [3.05, 3.63) is 42.1 Å². The first-order valence-corrected chi connectivity index (χ1v) is 11.0. The topological polar surface area (TPSA) is 43.8 Å². The molecule has 0 spiro atoms. The average Bonchev–Trinajstić information content (AvgIpc) is 3.24. The summed E-state index contributed by atoms with van der Waals surface area (Å²) in [5.74, 6) is 1.07. The fraction of sp³-hybridized carbons (Fsp3) is 0.565. The van der Waals surface area contributed by atoms with Crippen LogP contribution in [0.25, 0.3) is 10.9 Å². The summed E-state index contributed by atoms with van der Waals surface area (Å²) < 4.78 is 0. The number of likely N-dealkylation sites (tertiary alicyclic amines) is 2. The summed E-state index contributed by atoms with van der Waals surface area (Å²) in [7, 11) is 0. The van der Waals surface area contributed by atoms with Crippen LogP contribution in [0.4, 0.5) is 0 Å². The van der Waals surface area contributed by atoms with E-state index in [9.17, 15) is 0 Å². The van der Waals surface area contributed by atoms with Crippen molar-refractivity contribution < 1.29 is 0 Å². The number of guanidine groups is 1. The van der Waals surface area contributed by atoms with Crippen molar-refractivity contribution in [2.45, 2.75) is 45.1 Å². The molecule has 5 nitrogen and oxygen atoms in total. The highest BCUT2D eigenvalue weighted by Crippen LogP contribution is 2.20. The van der Waals surface area contributed by atoms with Gasteiger partial charge in [-0.25, -0.2) is 0 Å². The molecular weight excluding hydrogens is 473 g/mol. The van der Waals surface area contributed by atoms with E-state index in [0.717, 1.165) is 49.8 Å². The maximum absolute atomic E-state index is 4.92. The molecule has 158 valence electrons. The molecule has 2 saturated heterocycles. The molecule has 4 rings (SSSR count). The number of nitrogens with one attached hydrogen (secondary N) is 1. The summed E-state index contributed by atoms with van der Waals surface area (Å²) in [4.78, 5) is 14.9. The number of hydrogen-bond donors (Lipinski definition) is 1. The Morgan fingerprint density at radius 3 is 2.76 bits per heavy atom. The Hall–Kier alpha value is -1.41. The molecule has 0 radical (unpaired) electrons. The van der Waals surface area contributed by atoms with Crippen LogP contribution in [-0.2, 0) is 6.42 Å². The number of para-hydroxylation sites is 1. The molecular formula is C23H34IN5. The molecule has 1 N–H and O–H groups in total. The van der Waals surface area contributed by atoms with Gasteiger partial charge in [-0.05, 0) is 51.4 Å². The molecule has 1 aromatic carbocycles. The predicted octanol–water partition coefficient (Wildman–Crippen LogP) is 3.92. The van der Waals surface area contributed by atoms with Crippen molar-refractivity contribution in [3.8, 4) is 0 Å². The third-order valence-corrected chi connectivity index (χ3v) is 5.99. The van der Waals surface area contributed by atoms with E-state index < -0.39 is 0 Å². The van der Waals surface area contributed by atoms with E-state index in [-0.39, 0.29) is 24.0 Å². The summed E-state index contributed by atoms with van der Waals surface area (Å²) in [5, 5.41) is 4.70. The number of hydrogen-bond acceptors (Lipinski definition) is 3. The standard InChI is InChI=1S/C23H33N5.HI/c1-2-24-23(28-17-13-21(18-28)27-15-6-3-7-16-27)25-14-12-20-11-10-19-8-4-5-9-22(19)26-20;/h4-5,8-11,21H,2-3,6-7,12-18H2,1H3,(H,24,25);1H. The summed E-state index contributed by atoms with van der Waals surface area (Å²) in [6.07, 6.45) is 6.27. The van der Waals surface area contributed by atoms with E-state index >= 15 is 0 Å². The lowest BCUT2D eigenvalue weighted by Gasteiger charge is -2.32. The lowest BCUT2D eigenvalue weighted by Crippen LogP contribution is -2.44. The van der Waals surface area contributed by atoms with Gasteiger partial charge in [-0.1, -0.05) is 30.7 Å². The van der Waals surface area contributed by atoms with Crippen LogP contribution in [0.15, 0.2) is 41.4 Å². The van der Waals surface area contributed by atoms with Gasteiger partial charge in [-0.15, -0.1) is 24.0 Å². The fourth-order valence-electron chi connectivity index (χ4n) is 4.47. The van der Waals surface area contributed by atoms with Crippen LogP contribution in [0.5, 0.6) is 0 Å². The molecule has 2 aromatic rings. The van der Waals surface area contributed by atoms with Crippen molar-refractivity contribution in [1.29, 1.82) is 0 Å². The smallest absolute Gasteiger partial charge is 0.193 e. The number of halogens is 1. The van der Waals surface area contributed by atoms with Crippen LogP contribution < -0.4 is 5.32 Å². The van der Waals surface area contributed by atoms with Crippen molar-refractivity contribution in [3.63, 3.8) is 0 Å². The third kappa shape index (κ3) is 5.81. The molecule has 2 aliphatic heterocycles. The maximum Gasteiger partial charge on any atom is 0.193 e. The summed E-state index contributed by atoms with van der Waals surface area (Å²) in [6.45, 7) is 8.62. The predicted molar refractivity (Wildman–Crippen MR) is 132 cm³/mol. The molecule has 1 unspecified atom stereocenters. The van der Waals surface area contributed by atoms with Crippen LogP contribution in [0.2, 0.25) is 0 Å². The molecule has 0 aliphatic carbocycles. The van der Waals surface area contributed by atoms with Gasteiger partial charge in [0.25, 0.3) is 0 Å². The second-order valence-electron chi connectivity index (χ2n) is 7.97. The molecule has 0 amide bonds. The molecule has 1 atom stereocenters. The van der Waals surface area contributed by atoms with Gasteiger partial charge in [0, 0.05) is 49.7 Å². The van der Waals surface area contributed by atoms with Crippen molar-refractivity contribution in [2.75, 3.05) is 39.3 Å². The van der Waals surface area contributed by atoms with E-state index in [1.165, 1.54) is 44.2 Å². The van der Waals surface area contributed by atoms with E-state index in [2.05, 4.69) is 52.4 Å². The summed E-state index contributed by atoms with van der Waals surface area (Å²) in [5.41, 5.74) is 2.19. The zero-order valence-corrected chi connectivity index (χ0v) is 19.8. The Balaban J connectivity index is 0.00000240. The van der Waals surface area contributed by atoms with E-state index in [4.69, 9.17) is 9.98 Å². The van der Waals surface area contributed by atoms with Crippen molar-refractivity contribution >= 4 is 40.8 Å². The number of aromatic nitrogens is 1. The Labute approximate surface area is 192 Å². The van der Waals surface area contributed by atoms with Gasteiger partial charge in [-0.3, -0.25) is 14.9 Å². The highest BCUT2D eigenvalue weighted by atomic mass is 127. The Kier molecular flexibility index (Phi) is 8.53. The number of piperidine rings is 1. The SMILES string of the molecule is CCNC(=NCCc1ccc2ccccc2n1)N1CCC(N2CCCCC2)C1.I. The van der Waals surface area contributed by atoms with Gasteiger partial charge in [0.05, 0.1) is 5.52 Å². The molecule has 0 saturated carbocycles. The van der Waals surface area contributed by atoms with Crippen molar-refractivity contribution in [1.82, 2.24) is 20.1 Å². The monoisotopic (exact) mass is 507 g/mol. The molecule has 6 heteroatoms. The van der Waals surface area contributed by atoms with Gasteiger partial charge in [-0.2, -0.15) is 0 Å². The minimum Gasteiger partial charge on any atom is -0.357 e. The Morgan fingerprint density at radius 1 is 1.10 bits per heavy atom. The highest BCUT2D eigenvalue weighted by molar-refractivity contribution is 14.0. The quantitative estimate of drug-likeness (QED) is 0.379. The van der Waals surface area contributed by atoms with E-state index in [0.29, 0.717) is 6.04 Å². The molecule has 3 heterocycles. The molecule has 2 fully saturated rings. The summed E-state index contributed by atoms with van der Waals surface area (Å²) in [6, 6.07) is 13.3. The average molecular weight is 507 g/mol. The zero-order valence-electron chi connectivity index (χ0n) is 17.5. The number of aliphatic imine (C=N–C) groups is 1. The Morgan fingerprint density at radius 2 is 1.93 bits per heavy atom.